The molecule has 0 spiro atoms. The van der Waals surface area contributed by atoms with Crippen molar-refractivity contribution in [1.82, 2.24) is 0 Å². The zero-order valence-corrected chi connectivity index (χ0v) is 15.6. The maximum Gasteiger partial charge on any atom is 0.344 e. The van der Waals surface area contributed by atoms with E-state index in [4.69, 9.17) is 32.7 Å². The first-order chi connectivity index (χ1) is 11.8. The summed E-state index contributed by atoms with van der Waals surface area (Å²) in [5.74, 6) is -1.82. The number of halogens is 4. The average molecular weight is 451 g/mol. The van der Waals surface area contributed by atoms with Crippen molar-refractivity contribution in [3.8, 4) is 5.75 Å². The molecule has 0 aliphatic carbocycles. The van der Waals surface area contributed by atoms with E-state index in [-0.39, 0.29) is 16.5 Å². The summed E-state index contributed by atoms with van der Waals surface area (Å²) in [6, 6.07) is 8.66. The zero-order chi connectivity index (χ0) is 18.4. The fourth-order valence-electron chi connectivity index (χ4n) is 1.69. The summed E-state index contributed by atoms with van der Waals surface area (Å²) in [6.07, 6.45) is 0. The Balaban J connectivity index is 1.78. The third kappa shape index (κ3) is 6.19. The first kappa shape index (κ1) is 19.5. The number of hydrogen-bond acceptors (Lipinski definition) is 4. The molecular weight excluding hydrogens is 440 g/mol. The van der Waals surface area contributed by atoms with E-state index in [0.29, 0.717) is 9.50 Å². The quantitative estimate of drug-likeness (QED) is 0.660. The Morgan fingerprint density at radius 1 is 1.12 bits per heavy atom. The Bertz CT molecular complexity index is 804. The molecule has 0 fully saturated rings. The maximum atomic E-state index is 13.6. The van der Waals surface area contributed by atoms with Crippen LogP contribution in [-0.2, 0) is 14.3 Å². The van der Waals surface area contributed by atoms with E-state index < -0.39 is 30.9 Å². The van der Waals surface area contributed by atoms with Gasteiger partial charge in [0.1, 0.15) is 11.6 Å². The largest absolute Gasteiger partial charge is 0.480 e. The molecule has 0 bridgehead atoms. The molecule has 0 aliphatic rings. The Morgan fingerprint density at radius 2 is 1.88 bits per heavy atom. The highest BCUT2D eigenvalue weighted by atomic mass is 79.9. The van der Waals surface area contributed by atoms with Gasteiger partial charge in [-0.2, -0.15) is 0 Å². The van der Waals surface area contributed by atoms with E-state index >= 15 is 0 Å². The highest BCUT2D eigenvalue weighted by molar-refractivity contribution is 9.10. The Hall–Kier alpha value is -1.83. The van der Waals surface area contributed by atoms with Gasteiger partial charge in [-0.1, -0.05) is 39.1 Å². The van der Waals surface area contributed by atoms with Gasteiger partial charge in [0.25, 0.3) is 5.91 Å². The molecule has 2 rings (SSSR count). The molecule has 0 saturated heterocycles. The average Bonchev–Trinajstić information content (AvgIpc) is 2.55. The molecule has 0 atom stereocenters. The fraction of sp³-hybridized carbons (Fsp3) is 0.125. The topological polar surface area (TPSA) is 64.6 Å². The molecule has 9 heteroatoms. The number of anilines is 1. The fourth-order valence-corrected chi connectivity index (χ4v) is 2.49. The van der Waals surface area contributed by atoms with E-state index in [1.807, 2.05) is 0 Å². The van der Waals surface area contributed by atoms with Crippen LogP contribution in [0.5, 0.6) is 5.75 Å². The van der Waals surface area contributed by atoms with E-state index in [2.05, 4.69) is 21.2 Å². The smallest absolute Gasteiger partial charge is 0.344 e. The second kappa shape index (κ2) is 9.03. The van der Waals surface area contributed by atoms with Gasteiger partial charge < -0.3 is 14.8 Å². The van der Waals surface area contributed by atoms with Crippen LogP contribution in [0, 0.1) is 5.82 Å². The molecule has 2 aromatic carbocycles. The highest BCUT2D eigenvalue weighted by Crippen LogP contribution is 2.27. The van der Waals surface area contributed by atoms with Gasteiger partial charge in [-0.15, -0.1) is 0 Å². The van der Waals surface area contributed by atoms with Gasteiger partial charge in [0.2, 0.25) is 0 Å². The first-order valence-electron chi connectivity index (χ1n) is 6.83. The molecule has 0 heterocycles. The van der Waals surface area contributed by atoms with Crippen LogP contribution >= 0.6 is 39.1 Å². The lowest BCUT2D eigenvalue weighted by Gasteiger charge is -2.09. The molecule has 0 radical (unpaired) electrons. The number of rotatable bonds is 6. The summed E-state index contributed by atoms with van der Waals surface area (Å²) >= 11 is 14.7. The molecule has 2 aromatic rings. The lowest BCUT2D eigenvalue weighted by atomic mass is 10.3. The second-order valence-corrected chi connectivity index (χ2v) is 6.46. The number of hydrogen-bond donors (Lipinski definition) is 1. The van der Waals surface area contributed by atoms with E-state index in [1.165, 1.54) is 24.3 Å². The molecule has 25 heavy (non-hydrogen) atoms. The zero-order valence-electron chi connectivity index (χ0n) is 12.5. The molecule has 5 nitrogen and oxygen atoms in total. The van der Waals surface area contributed by atoms with E-state index in [1.54, 1.807) is 12.1 Å². The van der Waals surface area contributed by atoms with Gasteiger partial charge in [0.05, 0.1) is 10.7 Å². The predicted molar refractivity (Wildman–Crippen MR) is 95.6 cm³/mol. The van der Waals surface area contributed by atoms with Gasteiger partial charge in [-0.3, -0.25) is 4.79 Å². The van der Waals surface area contributed by atoms with Crippen molar-refractivity contribution in [2.45, 2.75) is 0 Å². The highest BCUT2D eigenvalue weighted by Gasteiger charge is 2.12. The summed E-state index contributed by atoms with van der Waals surface area (Å²) in [4.78, 5) is 23.3. The van der Waals surface area contributed by atoms with Crippen LogP contribution in [0.25, 0.3) is 0 Å². The number of carbonyl (C=O) groups excluding carboxylic acids is 2. The molecular formula is C16H11BrCl2FNO4. The van der Waals surface area contributed by atoms with Gasteiger partial charge in [-0.05, 0) is 36.4 Å². The standard InChI is InChI=1S/C16H11BrCl2FNO4/c17-9-1-3-13(12(20)5-9)21-15(22)7-25-16(23)8-24-14-4-2-10(18)6-11(14)19/h1-6H,7-8H2,(H,21,22). The maximum absolute atomic E-state index is 13.6. The third-order valence-corrected chi connectivity index (χ3v) is 3.83. The van der Waals surface area contributed by atoms with Gasteiger partial charge >= 0.3 is 5.97 Å². The molecule has 0 aliphatic heterocycles. The summed E-state index contributed by atoms with van der Waals surface area (Å²) in [5.41, 5.74) is -0.0200. The summed E-state index contributed by atoms with van der Waals surface area (Å²) in [7, 11) is 0. The van der Waals surface area contributed by atoms with Crippen LogP contribution in [0.1, 0.15) is 0 Å². The van der Waals surface area contributed by atoms with Crippen LogP contribution in [0.3, 0.4) is 0 Å². The molecule has 132 valence electrons. The summed E-state index contributed by atoms with van der Waals surface area (Å²) in [5, 5.41) is 2.96. The monoisotopic (exact) mass is 449 g/mol. The Morgan fingerprint density at radius 3 is 2.56 bits per heavy atom. The number of carbonyl (C=O) groups is 2. The predicted octanol–water partition coefficient (Wildman–Crippen LogP) is 4.46. The number of esters is 1. The van der Waals surface area contributed by atoms with E-state index in [9.17, 15) is 14.0 Å². The van der Waals surface area contributed by atoms with Crippen molar-refractivity contribution in [3.05, 3.63) is 56.7 Å². The van der Waals surface area contributed by atoms with Crippen molar-refractivity contribution in [2.75, 3.05) is 18.5 Å². The third-order valence-electron chi connectivity index (χ3n) is 2.81. The van der Waals surface area contributed by atoms with Gasteiger partial charge in [-0.25, -0.2) is 9.18 Å². The van der Waals surface area contributed by atoms with E-state index in [0.717, 1.165) is 0 Å². The van der Waals surface area contributed by atoms with Crippen molar-refractivity contribution in [3.63, 3.8) is 0 Å². The normalized spacial score (nSPS) is 10.2. The van der Waals surface area contributed by atoms with Crippen molar-refractivity contribution in [1.29, 1.82) is 0 Å². The van der Waals surface area contributed by atoms with Crippen LogP contribution in [0.15, 0.2) is 40.9 Å². The molecule has 0 unspecified atom stereocenters. The molecule has 1 amide bonds. The number of amides is 1. The van der Waals surface area contributed by atoms with Crippen molar-refractivity contribution < 1.29 is 23.5 Å². The minimum Gasteiger partial charge on any atom is -0.480 e. The minimum absolute atomic E-state index is 0.0200. The van der Waals surface area contributed by atoms with Crippen molar-refractivity contribution >= 4 is 56.7 Å². The Labute approximate surface area is 161 Å². The van der Waals surface area contributed by atoms with Gasteiger partial charge in [0, 0.05) is 9.50 Å². The van der Waals surface area contributed by atoms with Crippen LogP contribution in [0.2, 0.25) is 10.0 Å². The number of ether oxygens (including phenoxy) is 2. The van der Waals surface area contributed by atoms with Gasteiger partial charge in [0.15, 0.2) is 13.2 Å². The summed E-state index contributed by atoms with van der Waals surface area (Å²) in [6.45, 7) is -1.02. The second-order valence-electron chi connectivity index (χ2n) is 4.70. The lowest BCUT2D eigenvalue weighted by Crippen LogP contribution is -2.24. The minimum atomic E-state index is -0.780. The molecule has 1 N–H and O–H groups in total. The molecule has 0 saturated carbocycles. The number of nitrogens with one attached hydrogen (secondary N) is 1. The van der Waals surface area contributed by atoms with Crippen LogP contribution in [-0.4, -0.2) is 25.1 Å². The lowest BCUT2D eigenvalue weighted by molar-refractivity contribution is -0.149. The number of benzene rings is 2. The summed E-state index contributed by atoms with van der Waals surface area (Å²) < 4.78 is 24.0. The SMILES string of the molecule is O=C(COC(=O)COc1ccc(Cl)cc1Cl)Nc1ccc(Br)cc1F. The first-order valence-corrected chi connectivity index (χ1v) is 8.38. The van der Waals surface area contributed by atoms with Crippen LogP contribution in [0.4, 0.5) is 10.1 Å². The van der Waals surface area contributed by atoms with Crippen LogP contribution < -0.4 is 10.1 Å². The molecule has 0 aromatic heterocycles. The Kier molecular flexibility index (Phi) is 7.04. The van der Waals surface area contributed by atoms with Crippen molar-refractivity contribution in [2.24, 2.45) is 0 Å².